The van der Waals surface area contributed by atoms with Crippen LogP contribution in [-0.4, -0.2) is 41.2 Å². The van der Waals surface area contributed by atoms with E-state index < -0.39 is 11.4 Å². The number of nitrogens with one attached hydrogen (secondary N) is 1. The van der Waals surface area contributed by atoms with Crippen LogP contribution in [0.15, 0.2) is 103 Å². The van der Waals surface area contributed by atoms with Crippen LogP contribution in [0.5, 0.6) is 5.75 Å². The normalized spacial score (nSPS) is 14.2. The SMILES string of the molecule is NC(=O)C1(NC(=O)Cc2ccc(OCc3ccccc3)cc2)CCN(C(=O)c2ccc(-c3cccc(Cl)c3)cc2)CC1. The monoisotopic (exact) mass is 581 g/mol. The summed E-state index contributed by atoms with van der Waals surface area (Å²) in [6, 6.07) is 32.0. The standard InChI is InChI=1S/C34H32ClN3O4/c35-29-8-4-7-28(22-29)26-11-13-27(14-12-26)32(40)38-19-17-34(18-20-38,33(36)41)37-31(39)21-24-9-15-30(16-10-24)42-23-25-5-2-1-3-6-25/h1-16,22H,17-21,23H2,(H2,36,41)(H,37,39). The number of hydrogen-bond donors (Lipinski definition) is 2. The molecule has 0 bridgehead atoms. The summed E-state index contributed by atoms with van der Waals surface area (Å²) in [5.74, 6) is -0.332. The molecule has 0 unspecified atom stereocenters. The smallest absolute Gasteiger partial charge is 0.253 e. The van der Waals surface area contributed by atoms with Gasteiger partial charge < -0.3 is 20.7 Å². The first-order valence-corrected chi connectivity index (χ1v) is 14.2. The average molecular weight is 582 g/mol. The van der Waals surface area contributed by atoms with E-state index in [0.29, 0.717) is 36.0 Å². The van der Waals surface area contributed by atoms with E-state index in [0.717, 1.165) is 22.3 Å². The maximum absolute atomic E-state index is 13.2. The molecule has 214 valence electrons. The van der Waals surface area contributed by atoms with Gasteiger partial charge in [-0.1, -0.05) is 78.3 Å². The summed E-state index contributed by atoms with van der Waals surface area (Å²) in [7, 11) is 0. The van der Waals surface area contributed by atoms with Gasteiger partial charge in [0.2, 0.25) is 11.8 Å². The molecule has 3 amide bonds. The quantitative estimate of drug-likeness (QED) is 0.276. The van der Waals surface area contributed by atoms with E-state index in [1.165, 1.54) is 0 Å². The van der Waals surface area contributed by atoms with Crippen LogP contribution >= 0.6 is 11.6 Å². The van der Waals surface area contributed by atoms with Gasteiger partial charge in [0.25, 0.3) is 5.91 Å². The summed E-state index contributed by atoms with van der Waals surface area (Å²) in [5.41, 5.74) is 8.90. The van der Waals surface area contributed by atoms with Crippen LogP contribution in [0.25, 0.3) is 11.1 Å². The van der Waals surface area contributed by atoms with Crippen molar-refractivity contribution in [3.8, 4) is 16.9 Å². The van der Waals surface area contributed by atoms with E-state index in [-0.39, 0.29) is 31.1 Å². The Hall–Kier alpha value is -4.62. The van der Waals surface area contributed by atoms with E-state index in [2.05, 4.69) is 5.32 Å². The number of nitrogens with zero attached hydrogens (tertiary/aromatic N) is 1. The topological polar surface area (TPSA) is 102 Å². The zero-order valence-corrected chi connectivity index (χ0v) is 23.8. The summed E-state index contributed by atoms with van der Waals surface area (Å²) in [6.45, 7) is 1.05. The third-order valence-corrected chi connectivity index (χ3v) is 7.82. The first-order chi connectivity index (χ1) is 20.3. The second-order valence-corrected chi connectivity index (χ2v) is 10.9. The fourth-order valence-electron chi connectivity index (χ4n) is 5.12. The Balaban J connectivity index is 1.15. The molecule has 4 aromatic carbocycles. The van der Waals surface area contributed by atoms with Crippen molar-refractivity contribution in [1.29, 1.82) is 0 Å². The van der Waals surface area contributed by atoms with Gasteiger partial charge >= 0.3 is 0 Å². The fourth-order valence-corrected chi connectivity index (χ4v) is 5.31. The first-order valence-electron chi connectivity index (χ1n) is 13.8. The van der Waals surface area contributed by atoms with Crippen LogP contribution in [0.4, 0.5) is 0 Å². The number of benzene rings is 4. The van der Waals surface area contributed by atoms with Crippen molar-refractivity contribution in [3.05, 3.63) is 125 Å². The zero-order chi connectivity index (χ0) is 29.5. The number of hydrogen-bond acceptors (Lipinski definition) is 4. The van der Waals surface area contributed by atoms with Gasteiger partial charge in [-0.25, -0.2) is 0 Å². The van der Waals surface area contributed by atoms with Crippen molar-refractivity contribution in [2.24, 2.45) is 5.73 Å². The van der Waals surface area contributed by atoms with Gasteiger partial charge in [-0.3, -0.25) is 14.4 Å². The van der Waals surface area contributed by atoms with Crippen molar-refractivity contribution in [2.45, 2.75) is 31.4 Å². The molecule has 0 atom stereocenters. The first kappa shape index (κ1) is 28.9. The Kier molecular flexibility index (Phi) is 8.88. The Bertz CT molecular complexity index is 1550. The highest BCUT2D eigenvalue weighted by Crippen LogP contribution is 2.26. The molecule has 42 heavy (non-hydrogen) atoms. The molecule has 0 spiro atoms. The molecule has 0 aliphatic carbocycles. The summed E-state index contributed by atoms with van der Waals surface area (Å²) >= 11 is 6.10. The van der Waals surface area contributed by atoms with Gasteiger partial charge in [0.1, 0.15) is 17.9 Å². The molecule has 3 N–H and O–H groups in total. The van der Waals surface area contributed by atoms with Crippen molar-refractivity contribution in [1.82, 2.24) is 10.2 Å². The van der Waals surface area contributed by atoms with E-state index in [1.807, 2.05) is 91.0 Å². The van der Waals surface area contributed by atoms with Gasteiger partial charge in [0.15, 0.2) is 0 Å². The van der Waals surface area contributed by atoms with Crippen LogP contribution in [0.3, 0.4) is 0 Å². The molecule has 0 aromatic heterocycles. The van der Waals surface area contributed by atoms with Crippen molar-refractivity contribution in [2.75, 3.05) is 13.1 Å². The number of rotatable bonds is 9. The third kappa shape index (κ3) is 6.98. The summed E-state index contributed by atoms with van der Waals surface area (Å²) in [5, 5.41) is 3.52. The molecule has 4 aromatic rings. The number of primary amides is 1. The van der Waals surface area contributed by atoms with E-state index >= 15 is 0 Å². The maximum Gasteiger partial charge on any atom is 0.253 e. The van der Waals surface area contributed by atoms with Gasteiger partial charge in [-0.2, -0.15) is 0 Å². The molecule has 1 heterocycles. The molecule has 1 aliphatic rings. The van der Waals surface area contributed by atoms with Gasteiger partial charge in [-0.15, -0.1) is 0 Å². The third-order valence-electron chi connectivity index (χ3n) is 7.58. The Morgan fingerprint density at radius 1 is 0.810 bits per heavy atom. The largest absolute Gasteiger partial charge is 0.489 e. The lowest BCUT2D eigenvalue weighted by Crippen LogP contribution is -2.63. The lowest BCUT2D eigenvalue weighted by molar-refractivity contribution is -0.133. The lowest BCUT2D eigenvalue weighted by Gasteiger charge is -2.40. The van der Waals surface area contributed by atoms with E-state index in [9.17, 15) is 14.4 Å². The molecule has 1 fully saturated rings. The van der Waals surface area contributed by atoms with Crippen molar-refractivity contribution >= 4 is 29.3 Å². The van der Waals surface area contributed by atoms with Crippen LogP contribution in [-0.2, 0) is 22.6 Å². The fraction of sp³-hybridized carbons (Fsp3) is 0.206. The zero-order valence-electron chi connectivity index (χ0n) is 23.1. The minimum atomic E-state index is -1.21. The summed E-state index contributed by atoms with van der Waals surface area (Å²) in [4.78, 5) is 40.4. The molecule has 0 radical (unpaired) electrons. The molecule has 1 aliphatic heterocycles. The number of likely N-dealkylation sites (tertiary alicyclic amines) is 1. The maximum atomic E-state index is 13.2. The minimum absolute atomic E-state index is 0.0929. The predicted molar refractivity (Wildman–Crippen MR) is 163 cm³/mol. The molecular formula is C34H32ClN3O4. The molecule has 5 rings (SSSR count). The molecule has 0 saturated carbocycles. The van der Waals surface area contributed by atoms with Crippen molar-refractivity contribution < 1.29 is 19.1 Å². The Labute approximate surface area is 250 Å². The number of carbonyl (C=O) groups is 3. The van der Waals surface area contributed by atoms with Gasteiger partial charge in [0, 0.05) is 23.7 Å². The van der Waals surface area contributed by atoms with Gasteiger partial charge in [-0.05, 0) is 71.5 Å². The highest BCUT2D eigenvalue weighted by molar-refractivity contribution is 6.30. The molecular weight excluding hydrogens is 550 g/mol. The average Bonchev–Trinajstić information content (AvgIpc) is 3.01. The second kappa shape index (κ2) is 12.9. The predicted octanol–water partition coefficient (Wildman–Crippen LogP) is 5.41. The molecule has 1 saturated heterocycles. The number of carbonyl (C=O) groups excluding carboxylic acids is 3. The molecule has 8 heteroatoms. The lowest BCUT2D eigenvalue weighted by atomic mass is 9.86. The highest BCUT2D eigenvalue weighted by Gasteiger charge is 2.42. The van der Waals surface area contributed by atoms with E-state index in [4.69, 9.17) is 22.1 Å². The van der Waals surface area contributed by atoms with Crippen molar-refractivity contribution in [3.63, 3.8) is 0 Å². The Morgan fingerprint density at radius 2 is 1.50 bits per heavy atom. The van der Waals surface area contributed by atoms with Crippen LogP contribution in [0.1, 0.15) is 34.3 Å². The van der Waals surface area contributed by atoms with E-state index in [1.54, 1.807) is 17.0 Å². The summed E-state index contributed by atoms with van der Waals surface area (Å²) < 4.78 is 5.81. The summed E-state index contributed by atoms with van der Waals surface area (Å²) in [6.07, 6.45) is 0.578. The number of amides is 3. The Morgan fingerprint density at radius 3 is 2.14 bits per heavy atom. The van der Waals surface area contributed by atoms with Crippen LogP contribution < -0.4 is 15.8 Å². The number of piperidine rings is 1. The van der Waals surface area contributed by atoms with Crippen LogP contribution in [0, 0.1) is 0 Å². The molecule has 7 nitrogen and oxygen atoms in total. The highest BCUT2D eigenvalue weighted by atomic mass is 35.5. The minimum Gasteiger partial charge on any atom is -0.489 e. The van der Waals surface area contributed by atoms with Gasteiger partial charge in [0.05, 0.1) is 6.42 Å². The second-order valence-electron chi connectivity index (χ2n) is 10.5. The number of nitrogens with two attached hydrogens (primary N) is 1. The number of halogens is 1. The number of ether oxygens (including phenoxy) is 1. The van der Waals surface area contributed by atoms with Crippen LogP contribution in [0.2, 0.25) is 5.02 Å².